The highest BCUT2D eigenvalue weighted by molar-refractivity contribution is 5.72. The summed E-state index contributed by atoms with van der Waals surface area (Å²) in [5, 5.41) is 0. The lowest BCUT2D eigenvalue weighted by Crippen LogP contribution is -2.38. The summed E-state index contributed by atoms with van der Waals surface area (Å²) in [5.74, 6) is 0.00752. The summed E-state index contributed by atoms with van der Waals surface area (Å²) in [6, 6.07) is 0. The van der Waals surface area contributed by atoms with E-state index in [2.05, 4.69) is 0 Å². The molecule has 4 heteroatoms. The zero-order valence-electron chi connectivity index (χ0n) is 10.7. The molecule has 1 heterocycles. The molecular formula is C13H22O4. The molecule has 0 bridgehead atoms. The summed E-state index contributed by atoms with van der Waals surface area (Å²) in [6.07, 6.45) is 3.78. The van der Waals surface area contributed by atoms with Gasteiger partial charge in [0, 0.05) is 12.8 Å². The third-order valence-corrected chi connectivity index (χ3v) is 3.97. The van der Waals surface area contributed by atoms with Gasteiger partial charge in [-0.15, -0.1) is 0 Å². The minimum atomic E-state index is -0.328. The quantitative estimate of drug-likeness (QED) is 0.711. The second-order valence-electron chi connectivity index (χ2n) is 4.99. The summed E-state index contributed by atoms with van der Waals surface area (Å²) in [5.41, 5.74) is 0. The highest BCUT2D eigenvalue weighted by Crippen LogP contribution is 2.40. The monoisotopic (exact) mass is 242 g/mol. The summed E-state index contributed by atoms with van der Waals surface area (Å²) < 4.78 is 16.4. The van der Waals surface area contributed by atoms with Crippen LogP contribution in [0.2, 0.25) is 0 Å². The van der Waals surface area contributed by atoms with Gasteiger partial charge in [0.05, 0.1) is 25.7 Å². The maximum absolute atomic E-state index is 11.7. The Morgan fingerprint density at radius 1 is 1.35 bits per heavy atom. The van der Waals surface area contributed by atoms with E-state index in [1.165, 1.54) is 0 Å². The van der Waals surface area contributed by atoms with Crippen molar-refractivity contribution in [3.63, 3.8) is 0 Å². The van der Waals surface area contributed by atoms with Crippen molar-refractivity contribution in [2.75, 3.05) is 19.8 Å². The summed E-state index contributed by atoms with van der Waals surface area (Å²) in [6.45, 7) is 5.69. The third kappa shape index (κ3) is 2.80. The van der Waals surface area contributed by atoms with Crippen LogP contribution in [0.5, 0.6) is 0 Å². The predicted molar refractivity (Wildman–Crippen MR) is 62.4 cm³/mol. The molecule has 4 nitrogen and oxygen atoms in total. The average Bonchev–Trinajstić information content (AvgIpc) is 2.78. The number of esters is 1. The number of carbonyl (C=O) groups is 1. The first-order chi connectivity index (χ1) is 8.17. The van der Waals surface area contributed by atoms with Gasteiger partial charge in [-0.3, -0.25) is 4.79 Å². The van der Waals surface area contributed by atoms with Crippen molar-refractivity contribution in [2.45, 2.75) is 45.3 Å². The molecule has 0 unspecified atom stereocenters. The zero-order valence-corrected chi connectivity index (χ0v) is 10.7. The Hall–Kier alpha value is -0.610. The first kappa shape index (κ1) is 12.8. The lowest BCUT2D eigenvalue weighted by molar-refractivity contribution is -0.187. The Kier molecular flexibility index (Phi) is 4.05. The van der Waals surface area contributed by atoms with Crippen LogP contribution in [0.1, 0.15) is 39.5 Å². The second kappa shape index (κ2) is 5.36. The molecule has 1 atom stereocenters. The van der Waals surface area contributed by atoms with Crippen molar-refractivity contribution < 1.29 is 19.0 Å². The van der Waals surface area contributed by atoms with Crippen molar-refractivity contribution in [3.8, 4) is 0 Å². The Labute approximate surface area is 103 Å². The van der Waals surface area contributed by atoms with Crippen molar-refractivity contribution in [3.05, 3.63) is 0 Å². The van der Waals surface area contributed by atoms with Crippen LogP contribution < -0.4 is 0 Å². The molecule has 0 amide bonds. The van der Waals surface area contributed by atoms with Gasteiger partial charge in [-0.05, 0) is 25.7 Å². The van der Waals surface area contributed by atoms with Crippen LogP contribution in [0.15, 0.2) is 0 Å². The molecule has 1 aliphatic carbocycles. The molecule has 2 aliphatic rings. The molecule has 1 spiro atoms. The van der Waals surface area contributed by atoms with Gasteiger partial charge in [-0.25, -0.2) is 0 Å². The zero-order chi connectivity index (χ0) is 12.3. The topological polar surface area (TPSA) is 44.8 Å². The first-order valence-electron chi connectivity index (χ1n) is 6.61. The van der Waals surface area contributed by atoms with E-state index in [0.717, 1.165) is 25.7 Å². The smallest absolute Gasteiger partial charge is 0.308 e. The van der Waals surface area contributed by atoms with Gasteiger partial charge in [0.1, 0.15) is 0 Å². The number of ether oxygens (including phenoxy) is 3. The second-order valence-corrected chi connectivity index (χ2v) is 4.99. The molecule has 1 saturated heterocycles. The van der Waals surface area contributed by atoms with Gasteiger partial charge < -0.3 is 14.2 Å². The van der Waals surface area contributed by atoms with Crippen molar-refractivity contribution in [1.82, 2.24) is 0 Å². The van der Waals surface area contributed by atoms with E-state index in [4.69, 9.17) is 14.2 Å². The van der Waals surface area contributed by atoms with E-state index < -0.39 is 0 Å². The summed E-state index contributed by atoms with van der Waals surface area (Å²) in [4.78, 5) is 11.7. The van der Waals surface area contributed by atoms with E-state index in [-0.39, 0.29) is 17.7 Å². The fraction of sp³-hybridized carbons (Fsp3) is 0.923. The average molecular weight is 242 g/mol. The fourth-order valence-corrected chi connectivity index (χ4v) is 2.83. The van der Waals surface area contributed by atoms with E-state index in [0.29, 0.717) is 25.7 Å². The highest BCUT2D eigenvalue weighted by atomic mass is 16.7. The van der Waals surface area contributed by atoms with E-state index in [9.17, 15) is 4.79 Å². The molecule has 0 aromatic heterocycles. The fourth-order valence-electron chi connectivity index (χ4n) is 2.83. The predicted octanol–water partition coefficient (Wildman–Crippen LogP) is 2.12. The number of carbonyl (C=O) groups excluding carboxylic acids is 1. The van der Waals surface area contributed by atoms with E-state index in [1.807, 2.05) is 13.8 Å². The standard InChI is InChI=1S/C13H22O4/c1-3-15-12(14)10(2)11-4-6-13(7-5-11)16-8-9-17-13/h10-11H,3-9H2,1-2H3/t10-/m0/s1. The molecular weight excluding hydrogens is 220 g/mol. The molecule has 0 aromatic rings. The normalized spacial score (nSPS) is 26.0. The molecule has 17 heavy (non-hydrogen) atoms. The first-order valence-corrected chi connectivity index (χ1v) is 6.61. The van der Waals surface area contributed by atoms with Crippen LogP contribution in [0, 0.1) is 11.8 Å². The van der Waals surface area contributed by atoms with E-state index >= 15 is 0 Å². The Morgan fingerprint density at radius 2 is 1.94 bits per heavy atom. The summed E-state index contributed by atoms with van der Waals surface area (Å²) in [7, 11) is 0. The van der Waals surface area contributed by atoms with Crippen molar-refractivity contribution >= 4 is 5.97 Å². The van der Waals surface area contributed by atoms with Gasteiger partial charge in [-0.1, -0.05) is 6.92 Å². The molecule has 0 N–H and O–H groups in total. The van der Waals surface area contributed by atoms with Crippen LogP contribution >= 0.6 is 0 Å². The SMILES string of the molecule is CCOC(=O)[C@@H](C)C1CCC2(CC1)OCCO2. The molecule has 0 radical (unpaired) electrons. The number of hydrogen-bond acceptors (Lipinski definition) is 4. The lowest BCUT2D eigenvalue weighted by Gasteiger charge is -2.36. The van der Waals surface area contributed by atoms with Crippen LogP contribution in [-0.2, 0) is 19.0 Å². The Morgan fingerprint density at radius 3 is 2.47 bits per heavy atom. The lowest BCUT2D eigenvalue weighted by atomic mass is 9.78. The molecule has 1 saturated carbocycles. The number of rotatable bonds is 3. The Bertz CT molecular complexity index is 261. The summed E-state index contributed by atoms with van der Waals surface area (Å²) >= 11 is 0. The largest absolute Gasteiger partial charge is 0.466 e. The van der Waals surface area contributed by atoms with Crippen molar-refractivity contribution in [2.24, 2.45) is 11.8 Å². The van der Waals surface area contributed by atoms with Crippen LogP contribution in [-0.4, -0.2) is 31.6 Å². The van der Waals surface area contributed by atoms with Gasteiger partial charge >= 0.3 is 5.97 Å². The van der Waals surface area contributed by atoms with Gasteiger partial charge in [0.25, 0.3) is 0 Å². The van der Waals surface area contributed by atoms with Gasteiger partial charge in [0.2, 0.25) is 0 Å². The van der Waals surface area contributed by atoms with Crippen molar-refractivity contribution in [1.29, 1.82) is 0 Å². The van der Waals surface area contributed by atoms with E-state index in [1.54, 1.807) is 0 Å². The molecule has 0 aromatic carbocycles. The van der Waals surface area contributed by atoms with Gasteiger partial charge in [-0.2, -0.15) is 0 Å². The molecule has 2 fully saturated rings. The minimum absolute atomic E-state index is 0.00583. The third-order valence-electron chi connectivity index (χ3n) is 3.97. The van der Waals surface area contributed by atoms with Gasteiger partial charge in [0.15, 0.2) is 5.79 Å². The number of hydrogen-bond donors (Lipinski definition) is 0. The molecule has 2 rings (SSSR count). The van der Waals surface area contributed by atoms with Crippen LogP contribution in [0.3, 0.4) is 0 Å². The minimum Gasteiger partial charge on any atom is -0.466 e. The Balaban J connectivity index is 1.83. The maximum atomic E-state index is 11.7. The highest BCUT2D eigenvalue weighted by Gasteiger charge is 2.42. The van der Waals surface area contributed by atoms with Crippen LogP contribution in [0.25, 0.3) is 0 Å². The maximum Gasteiger partial charge on any atom is 0.308 e. The molecule has 1 aliphatic heterocycles. The molecule has 98 valence electrons. The van der Waals surface area contributed by atoms with Crippen LogP contribution in [0.4, 0.5) is 0 Å².